The Hall–Kier alpha value is -1.74. The fraction of sp³-hybridized carbons (Fsp3) is 0.350. The molecule has 0 atom stereocenters. The lowest BCUT2D eigenvalue weighted by Gasteiger charge is -2.19. The molecule has 8 heteroatoms. The number of hydrogen-bond donors (Lipinski definition) is 2. The van der Waals surface area contributed by atoms with Crippen LogP contribution in [-0.2, 0) is 20.2 Å². The Morgan fingerprint density at radius 3 is 2.32 bits per heavy atom. The van der Waals surface area contributed by atoms with Gasteiger partial charge >= 0.3 is 0 Å². The van der Waals surface area contributed by atoms with E-state index < -0.39 is 15.9 Å². The van der Waals surface area contributed by atoms with Gasteiger partial charge in [-0.15, -0.1) is 0 Å². The summed E-state index contributed by atoms with van der Waals surface area (Å²) in [6, 6.07) is 11.9. The molecule has 0 spiro atoms. The van der Waals surface area contributed by atoms with E-state index in [0.29, 0.717) is 10.2 Å². The second-order valence-corrected chi connectivity index (χ2v) is 9.93. The second-order valence-electron chi connectivity index (χ2n) is 7.31. The van der Waals surface area contributed by atoms with Gasteiger partial charge in [0.2, 0.25) is 10.0 Å². The van der Waals surface area contributed by atoms with Crippen LogP contribution in [-0.4, -0.2) is 34.6 Å². The lowest BCUT2D eigenvalue weighted by atomic mass is 9.87. The molecule has 0 heterocycles. The van der Waals surface area contributed by atoms with Crippen molar-refractivity contribution in [1.82, 2.24) is 4.72 Å². The van der Waals surface area contributed by atoms with Crippen molar-refractivity contribution in [2.75, 3.05) is 25.6 Å². The van der Waals surface area contributed by atoms with Gasteiger partial charge in [0, 0.05) is 23.8 Å². The summed E-state index contributed by atoms with van der Waals surface area (Å²) in [7, 11) is -2.24. The lowest BCUT2D eigenvalue weighted by molar-refractivity contribution is 0.102. The minimum Gasteiger partial charge on any atom is -0.383 e. The number of carbonyl (C=O) groups excluding carboxylic acids is 1. The maximum atomic E-state index is 12.7. The first-order chi connectivity index (χ1) is 13.0. The van der Waals surface area contributed by atoms with E-state index in [-0.39, 0.29) is 29.0 Å². The van der Waals surface area contributed by atoms with Crippen LogP contribution in [0, 0.1) is 0 Å². The number of halogens is 1. The predicted molar refractivity (Wildman–Crippen MR) is 114 cm³/mol. The zero-order valence-electron chi connectivity index (χ0n) is 16.4. The molecule has 0 unspecified atom stereocenters. The van der Waals surface area contributed by atoms with Gasteiger partial charge in [-0.3, -0.25) is 4.79 Å². The fourth-order valence-corrected chi connectivity index (χ4v) is 3.92. The third-order valence-electron chi connectivity index (χ3n) is 4.10. The van der Waals surface area contributed by atoms with Crippen molar-refractivity contribution >= 4 is 37.5 Å². The summed E-state index contributed by atoms with van der Waals surface area (Å²) in [6.45, 7) is 6.75. The normalized spacial score (nSPS) is 12.0. The molecule has 0 bridgehead atoms. The number of nitrogens with one attached hydrogen (secondary N) is 2. The highest BCUT2D eigenvalue weighted by Crippen LogP contribution is 2.25. The molecule has 0 fully saturated rings. The van der Waals surface area contributed by atoms with Crippen LogP contribution >= 0.6 is 15.9 Å². The Kier molecular flexibility index (Phi) is 7.39. The van der Waals surface area contributed by atoms with Crippen LogP contribution in [0.4, 0.5) is 5.69 Å². The van der Waals surface area contributed by atoms with E-state index in [4.69, 9.17) is 4.74 Å². The number of anilines is 1. The zero-order chi connectivity index (χ0) is 20.9. The molecule has 152 valence electrons. The van der Waals surface area contributed by atoms with Crippen molar-refractivity contribution in [2.24, 2.45) is 0 Å². The summed E-state index contributed by atoms with van der Waals surface area (Å²) in [6.07, 6.45) is 0. The topological polar surface area (TPSA) is 84.5 Å². The van der Waals surface area contributed by atoms with Crippen molar-refractivity contribution in [3.8, 4) is 0 Å². The number of sulfonamides is 1. The highest BCUT2D eigenvalue weighted by Gasteiger charge is 2.19. The van der Waals surface area contributed by atoms with Crippen LogP contribution in [0.3, 0.4) is 0 Å². The Morgan fingerprint density at radius 2 is 1.75 bits per heavy atom. The van der Waals surface area contributed by atoms with Gasteiger partial charge in [-0.2, -0.15) is 0 Å². The molecule has 0 radical (unpaired) electrons. The van der Waals surface area contributed by atoms with E-state index in [0.717, 1.165) is 5.56 Å². The van der Waals surface area contributed by atoms with Crippen molar-refractivity contribution in [1.29, 1.82) is 0 Å². The molecule has 0 aliphatic carbocycles. The molecular weight excluding hydrogens is 444 g/mol. The van der Waals surface area contributed by atoms with Gasteiger partial charge in [0.05, 0.1) is 17.1 Å². The van der Waals surface area contributed by atoms with Crippen molar-refractivity contribution in [3.63, 3.8) is 0 Å². The predicted octanol–water partition coefficient (Wildman–Crippen LogP) is 3.92. The third-order valence-corrected chi connectivity index (χ3v) is 6.25. The van der Waals surface area contributed by atoms with Crippen LogP contribution in [0.5, 0.6) is 0 Å². The average Bonchev–Trinajstić information content (AvgIpc) is 2.61. The molecule has 2 rings (SSSR count). The van der Waals surface area contributed by atoms with Crippen LogP contribution < -0.4 is 10.0 Å². The lowest BCUT2D eigenvalue weighted by Crippen LogP contribution is -2.27. The van der Waals surface area contributed by atoms with Crippen molar-refractivity contribution < 1.29 is 17.9 Å². The van der Waals surface area contributed by atoms with E-state index in [2.05, 4.69) is 46.7 Å². The molecule has 2 aromatic carbocycles. The summed E-state index contributed by atoms with van der Waals surface area (Å²) in [5.41, 5.74) is 2.04. The average molecular weight is 469 g/mol. The summed E-state index contributed by atoms with van der Waals surface area (Å²) in [5.74, 6) is -0.399. The first kappa shape index (κ1) is 22.5. The quantitative estimate of drug-likeness (QED) is 0.602. The number of amides is 1. The number of benzene rings is 2. The Labute approximate surface area is 174 Å². The molecule has 1 amide bonds. The zero-order valence-corrected chi connectivity index (χ0v) is 18.8. The number of rotatable bonds is 7. The molecule has 0 aromatic heterocycles. The van der Waals surface area contributed by atoms with Gasteiger partial charge in [0.1, 0.15) is 0 Å². The highest BCUT2D eigenvalue weighted by molar-refractivity contribution is 9.10. The minimum absolute atomic E-state index is 0.0139. The van der Waals surface area contributed by atoms with Crippen LogP contribution in [0.1, 0.15) is 36.7 Å². The van der Waals surface area contributed by atoms with Crippen molar-refractivity contribution in [2.45, 2.75) is 31.1 Å². The molecule has 6 nitrogen and oxygen atoms in total. The Morgan fingerprint density at radius 1 is 1.11 bits per heavy atom. The smallest absolute Gasteiger partial charge is 0.256 e. The first-order valence-corrected chi connectivity index (χ1v) is 11.0. The van der Waals surface area contributed by atoms with Crippen molar-refractivity contribution in [3.05, 3.63) is 58.1 Å². The number of methoxy groups -OCH3 is 1. The van der Waals surface area contributed by atoms with Crippen LogP contribution in [0.15, 0.2) is 51.8 Å². The molecule has 0 saturated carbocycles. The van der Waals surface area contributed by atoms with Gasteiger partial charge in [-0.25, -0.2) is 13.1 Å². The van der Waals surface area contributed by atoms with Crippen LogP contribution in [0.2, 0.25) is 0 Å². The third kappa shape index (κ3) is 5.88. The summed E-state index contributed by atoms with van der Waals surface area (Å²) in [5, 5.41) is 2.80. The van der Waals surface area contributed by atoms with Gasteiger partial charge < -0.3 is 10.1 Å². The molecule has 2 aromatic rings. The highest BCUT2D eigenvalue weighted by atomic mass is 79.9. The van der Waals surface area contributed by atoms with Gasteiger partial charge in [0.15, 0.2) is 0 Å². The standard InChI is InChI=1S/C20H25BrN2O4S/c1-20(2,3)14-5-7-15(8-6-14)23-19(24)17-13-16(9-10-18(17)21)28(25,26)22-11-12-27-4/h5-10,13,22H,11-12H2,1-4H3,(H,23,24). The molecular formula is C20H25BrN2O4S. The monoisotopic (exact) mass is 468 g/mol. The van der Waals surface area contributed by atoms with Gasteiger partial charge in [-0.05, 0) is 57.2 Å². The minimum atomic E-state index is -3.73. The van der Waals surface area contributed by atoms with Gasteiger partial charge in [-0.1, -0.05) is 32.9 Å². The Bertz CT molecular complexity index is 936. The molecule has 0 aliphatic heterocycles. The Balaban J connectivity index is 2.21. The van der Waals surface area contributed by atoms with E-state index in [1.54, 1.807) is 6.07 Å². The SMILES string of the molecule is COCCNS(=O)(=O)c1ccc(Br)c(C(=O)Nc2ccc(C(C)(C)C)cc2)c1. The number of carbonyl (C=O) groups is 1. The van der Waals surface area contributed by atoms with Gasteiger partial charge in [0.25, 0.3) is 5.91 Å². The molecule has 2 N–H and O–H groups in total. The van der Waals surface area contributed by atoms with E-state index >= 15 is 0 Å². The van der Waals surface area contributed by atoms with Crippen LogP contribution in [0.25, 0.3) is 0 Å². The van der Waals surface area contributed by atoms with E-state index in [9.17, 15) is 13.2 Å². The molecule has 0 aliphatic rings. The van der Waals surface area contributed by atoms with E-state index in [1.807, 2.05) is 24.3 Å². The fourth-order valence-electron chi connectivity index (χ4n) is 2.46. The summed E-state index contributed by atoms with van der Waals surface area (Å²) < 4.78 is 32.5. The number of ether oxygens (including phenoxy) is 1. The largest absolute Gasteiger partial charge is 0.383 e. The maximum absolute atomic E-state index is 12.7. The first-order valence-electron chi connectivity index (χ1n) is 8.74. The summed E-state index contributed by atoms with van der Waals surface area (Å²) >= 11 is 3.32. The molecule has 28 heavy (non-hydrogen) atoms. The number of hydrogen-bond acceptors (Lipinski definition) is 4. The molecule has 0 saturated heterocycles. The maximum Gasteiger partial charge on any atom is 0.256 e. The summed E-state index contributed by atoms with van der Waals surface area (Å²) in [4.78, 5) is 12.7. The van der Waals surface area contributed by atoms with E-state index in [1.165, 1.54) is 19.2 Å². The second kappa shape index (κ2) is 9.17.